The summed E-state index contributed by atoms with van der Waals surface area (Å²) in [7, 11) is -1.80. The van der Waals surface area contributed by atoms with Gasteiger partial charge in [-0.3, -0.25) is 4.79 Å². The highest BCUT2D eigenvalue weighted by molar-refractivity contribution is 6.80. The molecule has 2 nitrogen and oxygen atoms in total. The van der Waals surface area contributed by atoms with Gasteiger partial charge in [-0.1, -0.05) is 69.2 Å². The molecular weight excluding hydrogens is 324 g/mol. The minimum absolute atomic E-state index is 0.0244. The van der Waals surface area contributed by atoms with E-state index in [1.807, 2.05) is 13.8 Å². The lowest BCUT2D eigenvalue weighted by Crippen LogP contribution is -2.49. The van der Waals surface area contributed by atoms with Gasteiger partial charge >= 0.3 is 5.97 Å². The van der Waals surface area contributed by atoms with Crippen molar-refractivity contribution in [2.24, 2.45) is 21.7 Å². The first-order valence-corrected chi connectivity index (χ1v) is 12.8. The number of carbonyl (C=O) groups is 1. The zero-order valence-corrected chi connectivity index (χ0v) is 20.4. The summed E-state index contributed by atoms with van der Waals surface area (Å²) in [5.74, 6) is -0.0244. The lowest BCUT2D eigenvalue weighted by atomic mass is 9.91. The standard InChI is InChI=1S/C22H46O2Si/c1-13-22(11,12)18(23)24-17-25(14-19(2,3)4,15-20(5,6)7)16-21(8,9)10/h13-17H2,1-12H3. The van der Waals surface area contributed by atoms with Crippen molar-refractivity contribution < 1.29 is 9.53 Å². The lowest BCUT2D eigenvalue weighted by Gasteiger charge is -2.44. The Kier molecular flexibility index (Phi) is 8.04. The molecule has 0 spiro atoms. The fraction of sp³-hybridized carbons (Fsp3) is 0.955. The van der Waals surface area contributed by atoms with Crippen LogP contribution < -0.4 is 0 Å². The molecule has 0 bridgehead atoms. The van der Waals surface area contributed by atoms with Gasteiger partial charge in [0, 0.05) is 0 Å². The first-order valence-electron chi connectivity index (χ1n) is 9.98. The maximum Gasteiger partial charge on any atom is 0.311 e. The Bertz CT molecular complexity index is 390. The van der Waals surface area contributed by atoms with Gasteiger partial charge in [-0.15, -0.1) is 0 Å². The van der Waals surface area contributed by atoms with Crippen molar-refractivity contribution in [1.82, 2.24) is 0 Å². The van der Waals surface area contributed by atoms with Crippen molar-refractivity contribution in [3.63, 3.8) is 0 Å². The normalized spacial score (nSPS) is 14.6. The quantitative estimate of drug-likeness (QED) is 0.353. The van der Waals surface area contributed by atoms with Crippen molar-refractivity contribution in [2.45, 2.75) is 108 Å². The third kappa shape index (κ3) is 10.4. The van der Waals surface area contributed by atoms with E-state index in [0.29, 0.717) is 6.23 Å². The molecule has 3 heteroatoms. The highest BCUT2D eigenvalue weighted by Crippen LogP contribution is 2.43. The smallest absolute Gasteiger partial charge is 0.311 e. The number of hydrogen-bond acceptors (Lipinski definition) is 2. The maximum absolute atomic E-state index is 12.6. The van der Waals surface area contributed by atoms with Crippen LogP contribution >= 0.6 is 0 Å². The van der Waals surface area contributed by atoms with Crippen LogP contribution in [0.4, 0.5) is 0 Å². The summed E-state index contributed by atoms with van der Waals surface area (Å²) in [5, 5.41) is 0. The Morgan fingerprint density at radius 1 is 0.720 bits per heavy atom. The summed E-state index contributed by atoms with van der Waals surface area (Å²) in [6.45, 7) is 27.0. The van der Waals surface area contributed by atoms with Crippen LogP contribution in [0.25, 0.3) is 0 Å². The second-order valence-electron chi connectivity index (χ2n) is 12.5. The Labute approximate surface area is 159 Å². The highest BCUT2D eigenvalue weighted by atomic mass is 28.3. The van der Waals surface area contributed by atoms with Gasteiger partial charge in [0.05, 0.1) is 11.6 Å². The van der Waals surface area contributed by atoms with Gasteiger partial charge in [-0.05, 0) is 54.6 Å². The zero-order valence-electron chi connectivity index (χ0n) is 19.4. The Morgan fingerprint density at radius 2 is 1.04 bits per heavy atom. The topological polar surface area (TPSA) is 26.3 Å². The van der Waals surface area contributed by atoms with Crippen LogP contribution in [0.15, 0.2) is 0 Å². The van der Waals surface area contributed by atoms with Crippen LogP contribution in [0.5, 0.6) is 0 Å². The van der Waals surface area contributed by atoms with Gasteiger partial charge in [-0.2, -0.15) is 0 Å². The van der Waals surface area contributed by atoms with E-state index in [-0.39, 0.29) is 27.6 Å². The third-order valence-corrected chi connectivity index (χ3v) is 10.9. The summed E-state index contributed by atoms with van der Waals surface area (Å²) in [6, 6.07) is 3.61. The van der Waals surface area contributed by atoms with Crippen molar-refractivity contribution in [2.75, 3.05) is 6.23 Å². The third-order valence-electron chi connectivity index (χ3n) is 4.66. The van der Waals surface area contributed by atoms with Gasteiger partial charge in [-0.25, -0.2) is 0 Å². The summed E-state index contributed by atoms with van der Waals surface area (Å²) in [5.41, 5.74) is 0.394. The predicted octanol–water partition coefficient (Wildman–Crippen LogP) is 7.09. The fourth-order valence-electron chi connectivity index (χ4n) is 4.27. The minimum atomic E-state index is -1.80. The molecule has 0 heterocycles. The van der Waals surface area contributed by atoms with E-state index in [1.54, 1.807) is 0 Å². The molecular formula is C22H46O2Si. The van der Waals surface area contributed by atoms with Gasteiger partial charge < -0.3 is 4.74 Å². The molecule has 0 fully saturated rings. The predicted molar refractivity (Wildman–Crippen MR) is 114 cm³/mol. The molecule has 150 valence electrons. The molecule has 25 heavy (non-hydrogen) atoms. The van der Waals surface area contributed by atoms with E-state index in [1.165, 1.54) is 18.1 Å². The van der Waals surface area contributed by atoms with Crippen molar-refractivity contribution in [1.29, 1.82) is 0 Å². The van der Waals surface area contributed by atoms with Crippen LogP contribution in [0.3, 0.4) is 0 Å². The van der Waals surface area contributed by atoms with Gasteiger partial charge in [0.1, 0.15) is 8.07 Å². The molecule has 0 saturated carbocycles. The number of ether oxygens (including phenoxy) is 1. The fourth-order valence-corrected chi connectivity index (χ4v) is 12.1. The van der Waals surface area contributed by atoms with Crippen LogP contribution in [0.2, 0.25) is 18.1 Å². The summed E-state index contributed by atoms with van der Waals surface area (Å²) in [4.78, 5) is 12.6. The molecule has 0 saturated heterocycles. The Hall–Kier alpha value is -0.313. The molecule has 0 unspecified atom stereocenters. The monoisotopic (exact) mass is 370 g/mol. The summed E-state index contributed by atoms with van der Waals surface area (Å²) < 4.78 is 6.02. The average Bonchev–Trinajstić information content (AvgIpc) is 2.29. The molecule has 0 rings (SSSR count). The van der Waals surface area contributed by atoms with Crippen LogP contribution in [-0.4, -0.2) is 20.3 Å². The highest BCUT2D eigenvalue weighted by Gasteiger charge is 2.44. The molecule has 0 atom stereocenters. The van der Waals surface area contributed by atoms with Crippen molar-refractivity contribution >= 4 is 14.0 Å². The molecule has 0 aromatic heterocycles. The Morgan fingerprint density at radius 3 is 1.28 bits per heavy atom. The van der Waals surface area contributed by atoms with E-state index >= 15 is 0 Å². The average molecular weight is 371 g/mol. The number of rotatable bonds is 7. The molecule has 0 amide bonds. The van der Waals surface area contributed by atoms with E-state index in [2.05, 4.69) is 69.2 Å². The molecule has 0 aliphatic carbocycles. The van der Waals surface area contributed by atoms with Gasteiger partial charge in [0.2, 0.25) is 0 Å². The van der Waals surface area contributed by atoms with Crippen LogP contribution in [0, 0.1) is 21.7 Å². The molecule has 0 aromatic carbocycles. The molecule has 0 radical (unpaired) electrons. The van der Waals surface area contributed by atoms with E-state index in [4.69, 9.17) is 4.74 Å². The van der Waals surface area contributed by atoms with Gasteiger partial charge in [0.15, 0.2) is 0 Å². The second kappa shape index (κ2) is 8.15. The SMILES string of the molecule is CCC(C)(C)C(=O)OC[Si](CC(C)(C)C)(CC(C)(C)C)CC(C)(C)C. The molecule has 0 aliphatic heterocycles. The maximum atomic E-state index is 12.6. The van der Waals surface area contributed by atoms with Crippen LogP contribution in [0.1, 0.15) is 89.5 Å². The first-order chi connectivity index (χ1) is 10.8. The van der Waals surface area contributed by atoms with Crippen molar-refractivity contribution in [3.8, 4) is 0 Å². The van der Waals surface area contributed by atoms with Gasteiger partial charge in [0.25, 0.3) is 0 Å². The zero-order chi connectivity index (χ0) is 20.3. The minimum Gasteiger partial charge on any atom is -0.469 e. The van der Waals surface area contributed by atoms with Crippen molar-refractivity contribution in [3.05, 3.63) is 0 Å². The summed E-state index contributed by atoms with van der Waals surface area (Å²) in [6.07, 6.45) is 1.49. The Balaban J connectivity index is 5.69. The molecule has 0 N–H and O–H groups in total. The summed E-state index contributed by atoms with van der Waals surface area (Å²) >= 11 is 0. The van der Waals surface area contributed by atoms with Crippen LogP contribution in [-0.2, 0) is 9.53 Å². The number of esters is 1. The van der Waals surface area contributed by atoms with E-state index in [0.717, 1.165) is 6.42 Å². The number of carbonyl (C=O) groups excluding carboxylic acids is 1. The number of hydrogen-bond donors (Lipinski definition) is 0. The lowest BCUT2D eigenvalue weighted by molar-refractivity contribution is -0.152. The van der Waals surface area contributed by atoms with E-state index in [9.17, 15) is 4.79 Å². The molecule has 0 aliphatic rings. The first kappa shape index (κ1) is 24.7. The van der Waals surface area contributed by atoms with E-state index < -0.39 is 8.07 Å². The largest absolute Gasteiger partial charge is 0.469 e. The molecule has 0 aromatic rings. The second-order valence-corrected chi connectivity index (χ2v) is 16.9.